The first-order chi connectivity index (χ1) is 5.89. The van der Waals surface area contributed by atoms with Crippen molar-refractivity contribution < 1.29 is 9.53 Å². The zero-order valence-electron chi connectivity index (χ0n) is 8.05. The fourth-order valence-electron chi connectivity index (χ4n) is 0.498. The number of nitrogens with zero attached hydrogens (tertiary/aromatic N) is 1. The molecular formula is C7H13ClN2O2S. The molecule has 1 amide bonds. The molecule has 0 radical (unpaired) electrons. The van der Waals surface area contributed by atoms with Crippen LogP contribution in [-0.2, 0) is 4.74 Å². The van der Waals surface area contributed by atoms with Crippen molar-refractivity contribution in [3.63, 3.8) is 0 Å². The number of ether oxygens (including phenoxy) is 1. The van der Waals surface area contributed by atoms with Gasteiger partial charge in [0.1, 0.15) is 5.60 Å². The highest BCUT2D eigenvalue weighted by Gasteiger charge is 2.16. The summed E-state index contributed by atoms with van der Waals surface area (Å²) in [5, 5.41) is 2.71. The van der Waals surface area contributed by atoms with Crippen LogP contribution in [0.3, 0.4) is 0 Å². The monoisotopic (exact) mass is 224 g/mol. The second-order valence-corrected chi connectivity index (χ2v) is 4.18. The lowest BCUT2D eigenvalue weighted by Crippen LogP contribution is -2.34. The highest BCUT2D eigenvalue weighted by Crippen LogP contribution is 2.07. The van der Waals surface area contributed by atoms with E-state index < -0.39 is 11.7 Å². The third-order valence-corrected chi connectivity index (χ3v) is 1.73. The molecule has 1 N–H and O–H groups in total. The molecule has 0 unspecified atom stereocenters. The molecule has 76 valence electrons. The molecule has 13 heavy (non-hydrogen) atoms. The van der Waals surface area contributed by atoms with Gasteiger partial charge in [0.25, 0.3) is 0 Å². The minimum absolute atomic E-state index is 0.316. The maximum atomic E-state index is 11.1. The summed E-state index contributed by atoms with van der Waals surface area (Å²) in [4.78, 5) is 11.1. The fraction of sp³-hybridized carbons (Fsp3) is 0.714. The van der Waals surface area contributed by atoms with Gasteiger partial charge in [0.2, 0.25) is 0 Å². The molecule has 0 saturated heterocycles. The largest absolute Gasteiger partial charge is 0.444 e. The van der Waals surface area contributed by atoms with Crippen LogP contribution in [0, 0.1) is 0 Å². The average Bonchev–Trinajstić information content (AvgIpc) is 1.96. The van der Waals surface area contributed by atoms with E-state index in [4.69, 9.17) is 16.5 Å². The number of hydrogen-bond donors (Lipinski definition) is 1. The van der Waals surface area contributed by atoms with E-state index >= 15 is 0 Å². The molecule has 0 heterocycles. The van der Waals surface area contributed by atoms with Crippen molar-refractivity contribution in [3.8, 4) is 0 Å². The number of rotatable bonds is 0. The highest BCUT2D eigenvalue weighted by atomic mass is 35.5. The van der Waals surface area contributed by atoms with Crippen LogP contribution in [-0.4, -0.2) is 23.1 Å². The molecule has 0 aliphatic heterocycles. The third kappa shape index (κ3) is 6.72. The van der Waals surface area contributed by atoms with Gasteiger partial charge in [0, 0.05) is 11.8 Å². The van der Waals surface area contributed by atoms with Crippen molar-refractivity contribution in [2.45, 2.75) is 26.4 Å². The summed E-state index contributed by atoms with van der Waals surface area (Å²) < 4.78 is 8.29. The Morgan fingerprint density at radius 1 is 1.54 bits per heavy atom. The van der Waals surface area contributed by atoms with E-state index in [9.17, 15) is 4.79 Å². The quantitative estimate of drug-likeness (QED) is 0.508. The zero-order chi connectivity index (χ0) is 10.5. The molecule has 0 rings (SSSR count). The van der Waals surface area contributed by atoms with E-state index in [-0.39, 0.29) is 0 Å². The van der Waals surface area contributed by atoms with Gasteiger partial charge in [-0.05, 0) is 27.0 Å². The summed E-state index contributed by atoms with van der Waals surface area (Å²) in [6, 6.07) is 0. The van der Waals surface area contributed by atoms with Gasteiger partial charge >= 0.3 is 6.09 Å². The molecule has 0 spiro atoms. The summed E-state index contributed by atoms with van der Waals surface area (Å²) in [5.41, 5.74) is -0.514. The summed E-state index contributed by atoms with van der Waals surface area (Å²) in [5.74, 6) is 0. The number of carbonyl (C=O) groups excluding carboxylic acids is 1. The van der Waals surface area contributed by atoms with Crippen molar-refractivity contribution in [1.82, 2.24) is 5.32 Å². The van der Waals surface area contributed by atoms with Crippen LogP contribution in [0.5, 0.6) is 0 Å². The maximum Gasteiger partial charge on any atom is 0.413 e. The van der Waals surface area contributed by atoms with Crippen LogP contribution in [0.2, 0.25) is 0 Å². The number of alkyl carbamates (subject to hydrolysis) is 1. The van der Waals surface area contributed by atoms with Gasteiger partial charge in [0.05, 0.1) is 0 Å². The maximum absolute atomic E-state index is 11.1. The number of thioether (sulfide) groups is 1. The number of amides is 1. The minimum atomic E-state index is -0.554. The zero-order valence-corrected chi connectivity index (χ0v) is 9.62. The average molecular weight is 225 g/mol. The Hall–Kier alpha value is -0.420. The molecule has 0 aromatic carbocycles. The van der Waals surface area contributed by atoms with E-state index in [0.717, 1.165) is 0 Å². The molecule has 4 nitrogen and oxygen atoms in total. The van der Waals surface area contributed by atoms with Crippen LogP contribution in [0.1, 0.15) is 20.8 Å². The van der Waals surface area contributed by atoms with E-state index in [1.54, 1.807) is 27.0 Å². The number of hydrogen-bond acceptors (Lipinski definition) is 4. The van der Waals surface area contributed by atoms with Gasteiger partial charge in [-0.2, -0.15) is 4.51 Å². The first-order valence-corrected chi connectivity index (χ1v) is 5.18. The Labute approximate surface area is 87.2 Å². The Bertz CT molecular complexity index is 213. The standard InChI is InChI=1S/C7H13ClN2O2S/c1-7(2,3)12-6(11)9-5(10-8)13-4/h1-4H3,(H,9,10,11). The van der Waals surface area contributed by atoms with Crippen LogP contribution in [0.25, 0.3) is 0 Å². The lowest BCUT2D eigenvalue weighted by atomic mass is 10.2. The van der Waals surface area contributed by atoms with Gasteiger partial charge in [-0.3, -0.25) is 5.32 Å². The van der Waals surface area contributed by atoms with Gasteiger partial charge in [-0.1, -0.05) is 11.8 Å². The molecule has 0 aliphatic rings. The predicted molar refractivity (Wildman–Crippen MR) is 56.2 cm³/mol. The lowest BCUT2D eigenvalue weighted by molar-refractivity contribution is 0.0564. The Morgan fingerprint density at radius 3 is 2.38 bits per heavy atom. The van der Waals surface area contributed by atoms with Crippen LogP contribution in [0.15, 0.2) is 4.51 Å². The summed E-state index contributed by atoms with van der Waals surface area (Å²) >= 11 is 6.41. The molecule has 0 aliphatic carbocycles. The van der Waals surface area contributed by atoms with E-state index in [0.29, 0.717) is 5.17 Å². The Morgan fingerprint density at radius 2 is 2.08 bits per heavy atom. The number of amidine groups is 1. The van der Waals surface area contributed by atoms with E-state index in [2.05, 4.69) is 9.83 Å². The Balaban J connectivity index is 4.02. The van der Waals surface area contributed by atoms with Crippen LogP contribution < -0.4 is 5.32 Å². The van der Waals surface area contributed by atoms with Crippen molar-refractivity contribution in [3.05, 3.63) is 0 Å². The smallest absolute Gasteiger partial charge is 0.413 e. The van der Waals surface area contributed by atoms with Gasteiger partial charge < -0.3 is 4.74 Å². The minimum Gasteiger partial charge on any atom is -0.444 e. The van der Waals surface area contributed by atoms with Gasteiger partial charge in [0.15, 0.2) is 5.17 Å². The van der Waals surface area contributed by atoms with Crippen molar-refractivity contribution >= 4 is 34.8 Å². The molecule has 0 saturated carbocycles. The molecule has 0 aromatic heterocycles. The highest BCUT2D eigenvalue weighted by molar-refractivity contribution is 8.13. The molecular weight excluding hydrogens is 212 g/mol. The number of carbonyl (C=O) groups is 1. The first kappa shape index (κ1) is 12.6. The molecule has 0 fully saturated rings. The molecule has 0 bridgehead atoms. The first-order valence-electron chi connectivity index (χ1n) is 3.62. The SMILES string of the molecule is CSC(=NCl)NC(=O)OC(C)(C)C. The molecule has 6 heteroatoms. The normalized spacial score (nSPS) is 12.5. The summed E-state index contributed by atoms with van der Waals surface area (Å²) in [6.07, 6.45) is 1.19. The lowest BCUT2D eigenvalue weighted by Gasteiger charge is -2.19. The van der Waals surface area contributed by atoms with E-state index in [1.807, 2.05) is 0 Å². The van der Waals surface area contributed by atoms with Gasteiger partial charge in [-0.15, -0.1) is 0 Å². The summed E-state index contributed by atoms with van der Waals surface area (Å²) in [7, 11) is 0. The van der Waals surface area contributed by atoms with Crippen LogP contribution in [0.4, 0.5) is 4.79 Å². The van der Waals surface area contributed by atoms with Crippen molar-refractivity contribution in [2.75, 3.05) is 6.26 Å². The Kier molecular flexibility index (Phi) is 5.17. The van der Waals surface area contributed by atoms with Gasteiger partial charge in [-0.25, -0.2) is 4.79 Å². The van der Waals surface area contributed by atoms with Crippen molar-refractivity contribution in [2.24, 2.45) is 4.51 Å². The summed E-state index contributed by atoms with van der Waals surface area (Å²) in [6.45, 7) is 5.34. The number of nitrogens with one attached hydrogen (secondary N) is 1. The number of halogens is 1. The van der Waals surface area contributed by atoms with Crippen molar-refractivity contribution in [1.29, 1.82) is 0 Å². The second kappa shape index (κ2) is 5.34. The molecule has 0 aromatic rings. The molecule has 0 atom stereocenters. The third-order valence-electron chi connectivity index (χ3n) is 0.878. The van der Waals surface area contributed by atoms with E-state index in [1.165, 1.54) is 11.8 Å². The predicted octanol–water partition coefficient (Wildman–Crippen LogP) is 2.38. The van der Waals surface area contributed by atoms with Crippen LogP contribution >= 0.6 is 23.5 Å². The fourth-order valence-corrected chi connectivity index (χ4v) is 1.00. The second-order valence-electron chi connectivity index (χ2n) is 3.22. The topological polar surface area (TPSA) is 50.7 Å².